The lowest BCUT2D eigenvalue weighted by atomic mass is 10.1. The predicted molar refractivity (Wildman–Crippen MR) is 111 cm³/mol. The van der Waals surface area contributed by atoms with Crippen LogP contribution < -0.4 is 10.5 Å². The lowest BCUT2D eigenvalue weighted by Gasteiger charge is -2.35. The van der Waals surface area contributed by atoms with Gasteiger partial charge in [0.2, 0.25) is 0 Å². The molecular formula is C20H19BrN6O. The van der Waals surface area contributed by atoms with E-state index in [0.29, 0.717) is 11.3 Å². The summed E-state index contributed by atoms with van der Waals surface area (Å²) in [7, 11) is 0. The molecular weight excluding hydrogens is 420 g/mol. The van der Waals surface area contributed by atoms with Crippen LogP contribution in [0.4, 0.5) is 5.82 Å². The number of pyridine rings is 1. The van der Waals surface area contributed by atoms with E-state index in [2.05, 4.69) is 52.8 Å². The first-order chi connectivity index (χ1) is 13.5. The van der Waals surface area contributed by atoms with Crippen molar-refractivity contribution in [1.29, 1.82) is 5.26 Å². The van der Waals surface area contributed by atoms with E-state index in [9.17, 15) is 4.79 Å². The topological polar surface area (TPSA) is 88.9 Å². The molecule has 0 aliphatic carbocycles. The maximum absolute atomic E-state index is 11.9. The Morgan fingerprint density at radius 3 is 2.71 bits per heavy atom. The van der Waals surface area contributed by atoms with E-state index < -0.39 is 0 Å². The van der Waals surface area contributed by atoms with Gasteiger partial charge in [-0.05, 0) is 52.7 Å². The number of aryl methyl sites for hydroxylation is 1. The Labute approximate surface area is 170 Å². The van der Waals surface area contributed by atoms with Gasteiger partial charge in [-0.25, -0.2) is 9.97 Å². The summed E-state index contributed by atoms with van der Waals surface area (Å²) in [4.78, 5) is 28.2. The summed E-state index contributed by atoms with van der Waals surface area (Å²) >= 11 is 3.58. The molecule has 0 radical (unpaired) electrons. The van der Waals surface area contributed by atoms with Crippen LogP contribution in [0.25, 0.3) is 11.0 Å². The van der Waals surface area contributed by atoms with Gasteiger partial charge in [0.25, 0.3) is 5.56 Å². The Kier molecular flexibility index (Phi) is 5.11. The van der Waals surface area contributed by atoms with Crippen molar-refractivity contribution in [3.05, 3.63) is 62.1 Å². The molecule has 142 valence electrons. The lowest BCUT2D eigenvalue weighted by Crippen LogP contribution is -2.46. The minimum atomic E-state index is -0.153. The molecule has 0 unspecified atom stereocenters. The number of nitriles is 1. The molecule has 28 heavy (non-hydrogen) atoms. The molecule has 0 amide bonds. The first-order valence-corrected chi connectivity index (χ1v) is 9.85. The Bertz CT molecular complexity index is 1110. The minimum Gasteiger partial charge on any atom is -0.354 e. The molecule has 2 aromatic heterocycles. The van der Waals surface area contributed by atoms with E-state index in [1.54, 1.807) is 19.2 Å². The highest BCUT2D eigenvalue weighted by Gasteiger charge is 2.19. The summed E-state index contributed by atoms with van der Waals surface area (Å²) < 4.78 is 0.889. The van der Waals surface area contributed by atoms with Crippen molar-refractivity contribution in [2.24, 2.45) is 0 Å². The van der Waals surface area contributed by atoms with Crippen molar-refractivity contribution < 1.29 is 0 Å². The van der Waals surface area contributed by atoms with Crippen molar-refractivity contribution in [3.8, 4) is 6.07 Å². The molecule has 1 saturated heterocycles. The van der Waals surface area contributed by atoms with Gasteiger partial charge < -0.3 is 9.88 Å². The third-order valence-corrected chi connectivity index (χ3v) is 5.56. The zero-order valence-electron chi connectivity index (χ0n) is 15.4. The fourth-order valence-corrected chi connectivity index (χ4v) is 4.02. The Hall–Kier alpha value is -2.76. The quantitative estimate of drug-likeness (QED) is 0.675. The van der Waals surface area contributed by atoms with Gasteiger partial charge in [0.05, 0.1) is 11.1 Å². The minimum absolute atomic E-state index is 0.153. The van der Waals surface area contributed by atoms with Gasteiger partial charge in [-0.2, -0.15) is 5.26 Å². The fraction of sp³-hybridized carbons (Fsp3) is 0.300. The van der Waals surface area contributed by atoms with Crippen LogP contribution in [-0.2, 0) is 6.54 Å². The number of nitrogens with zero attached hydrogens (tertiary/aromatic N) is 5. The number of nitrogens with one attached hydrogen (secondary N) is 1. The molecule has 3 aromatic rings. The summed E-state index contributed by atoms with van der Waals surface area (Å²) in [5.74, 6) is 0.908. The third-order valence-electron chi connectivity index (χ3n) is 4.96. The number of hydrogen-bond donors (Lipinski definition) is 1. The smallest absolute Gasteiger partial charge is 0.269 e. The second-order valence-corrected chi connectivity index (χ2v) is 7.76. The van der Waals surface area contributed by atoms with Crippen molar-refractivity contribution in [2.45, 2.75) is 13.5 Å². The maximum atomic E-state index is 11.9. The summed E-state index contributed by atoms with van der Waals surface area (Å²) in [5.41, 5.74) is 3.55. The van der Waals surface area contributed by atoms with Crippen molar-refractivity contribution in [3.63, 3.8) is 0 Å². The highest BCUT2D eigenvalue weighted by atomic mass is 79.9. The van der Waals surface area contributed by atoms with Gasteiger partial charge in [-0.15, -0.1) is 0 Å². The van der Waals surface area contributed by atoms with Crippen molar-refractivity contribution in [2.75, 3.05) is 31.1 Å². The van der Waals surface area contributed by atoms with Crippen LogP contribution in [0, 0.1) is 18.3 Å². The average molecular weight is 439 g/mol. The van der Waals surface area contributed by atoms with Crippen molar-refractivity contribution in [1.82, 2.24) is 19.9 Å². The van der Waals surface area contributed by atoms with E-state index in [4.69, 9.17) is 5.26 Å². The number of anilines is 1. The Morgan fingerprint density at radius 1 is 1.25 bits per heavy atom. The first kappa shape index (κ1) is 18.6. The molecule has 0 atom stereocenters. The predicted octanol–water partition coefficient (Wildman–Crippen LogP) is 2.58. The van der Waals surface area contributed by atoms with Gasteiger partial charge in [0.1, 0.15) is 23.1 Å². The molecule has 1 aliphatic heterocycles. The van der Waals surface area contributed by atoms with Crippen LogP contribution in [0.5, 0.6) is 0 Å². The molecule has 1 N–H and O–H groups in total. The molecule has 0 spiro atoms. The summed E-state index contributed by atoms with van der Waals surface area (Å²) in [6.07, 6.45) is 1.62. The molecule has 1 aromatic carbocycles. The largest absolute Gasteiger partial charge is 0.354 e. The first-order valence-electron chi connectivity index (χ1n) is 9.06. The van der Waals surface area contributed by atoms with Gasteiger partial charge in [0, 0.05) is 43.4 Å². The lowest BCUT2D eigenvalue weighted by molar-refractivity contribution is 0.249. The molecule has 0 bridgehead atoms. The number of aromatic amines is 1. The van der Waals surface area contributed by atoms with Crippen LogP contribution >= 0.6 is 15.9 Å². The SMILES string of the molecule is Cc1nc2c(Br)cc(CN3CCN(c4ccc(C#N)cn4)CC3)cc2[nH]c1=O. The van der Waals surface area contributed by atoms with Crippen molar-refractivity contribution >= 4 is 32.8 Å². The van der Waals surface area contributed by atoms with Crippen LogP contribution in [0.1, 0.15) is 16.8 Å². The number of rotatable bonds is 3. The van der Waals surface area contributed by atoms with E-state index in [1.807, 2.05) is 12.1 Å². The highest BCUT2D eigenvalue weighted by molar-refractivity contribution is 9.10. The van der Waals surface area contributed by atoms with Crippen LogP contribution in [-0.4, -0.2) is 46.0 Å². The number of benzene rings is 1. The maximum Gasteiger partial charge on any atom is 0.269 e. The van der Waals surface area contributed by atoms with Crippen LogP contribution in [0.2, 0.25) is 0 Å². The summed E-state index contributed by atoms with van der Waals surface area (Å²) in [5, 5.41) is 8.89. The second-order valence-electron chi connectivity index (χ2n) is 6.91. The Morgan fingerprint density at radius 2 is 2.04 bits per heavy atom. The van der Waals surface area contributed by atoms with Gasteiger partial charge in [-0.3, -0.25) is 9.69 Å². The number of halogens is 1. The molecule has 7 nitrogen and oxygen atoms in total. The number of H-pyrrole nitrogens is 1. The molecule has 4 rings (SSSR count). The molecule has 1 aliphatic rings. The number of piperazine rings is 1. The van der Waals surface area contributed by atoms with Gasteiger partial charge in [-0.1, -0.05) is 0 Å². The highest BCUT2D eigenvalue weighted by Crippen LogP contribution is 2.24. The zero-order chi connectivity index (χ0) is 19.7. The van der Waals surface area contributed by atoms with E-state index in [-0.39, 0.29) is 5.56 Å². The van der Waals surface area contributed by atoms with E-state index in [1.165, 1.54) is 0 Å². The second kappa shape index (κ2) is 7.70. The fourth-order valence-electron chi connectivity index (χ4n) is 3.42. The van der Waals surface area contributed by atoms with Gasteiger partial charge >= 0.3 is 0 Å². The molecule has 0 saturated carbocycles. The molecule has 8 heteroatoms. The third kappa shape index (κ3) is 3.77. The average Bonchev–Trinajstić information content (AvgIpc) is 2.70. The van der Waals surface area contributed by atoms with Crippen LogP contribution in [0.3, 0.4) is 0 Å². The monoisotopic (exact) mass is 438 g/mol. The molecule has 1 fully saturated rings. The standard InChI is InChI=1S/C20H19BrN6O/c1-13-20(28)25-17-9-15(8-16(21)19(17)24-13)12-26-4-6-27(7-5-26)18-3-2-14(10-22)11-23-18/h2-3,8-9,11H,4-7,12H2,1H3,(H,25,28). The van der Waals surface area contributed by atoms with Gasteiger partial charge in [0.15, 0.2) is 0 Å². The Balaban J connectivity index is 1.45. The number of aromatic nitrogens is 3. The summed E-state index contributed by atoms with van der Waals surface area (Å²) in [6.45, 7) is 6.11. The number of hydrogen-bond acceptors (Lipinski definition) is 6. The van der Waals surface area contributed by atoms with Crippen LogP contribution in [0.15, 0.2) is 39.7 Å². The normalized spacial score (nSPS) is 15.0. The van der Waals surface area contributed by atoms with E-state index >= 15 is 0 Å². The van der Waals surface area contributed by atoms with E-state index in [0.717, 1.165) is 59.6 Å². The zero-order valence-corrected chi connectivity index (χ0v) is 17.0. The number of fused-ring (bicyclic) bond motifs is 1. The summed E-state index contributed by atoms with van der Waals surface area (Å²) in [6, 6.07) is 9.88. The molecule has 3 heterocycles.